The van der Waals surface area contributed by atoms with Crippen molar-refractivity contribution in [1.82, 2.24) is 0 Å². The van der Waals surface area contributed by atoms with E-state index in [4.69, 9.17) is 5.73 Å². The fourth-order valence-electron chi connectivity index (χ4n) is 1.06. The maximum Gasteiger partial charge on any atom is 0.136 e. The van der Waals surface area contributed by atoms with Crippen LogP contribution in [0.25, 0.3) is 0 Å². The highest BCUT2D eigenvalue weighted by Crippen LogP contribution is 2.09. The molecule has 0 amide bonds. The zero-order chi connectivity index (χ0) is 9.56. The van der Waals surface area contributed by atoms with Gasteiger partial charge in [0.2, 0.25) is 0 Å². The Balaban J connectivity index is 3.44. The van der Waals surface area contributed by atoms with E-state index in [0.29, 0.717) is 24.7 Å². The molecular weight excluding hydrogens is 150 g/mol. The Morgan fingerprint density at radius 2 is 1.92 bits per heavy atom. The minimum atomic E-state index is 0.0529. The van der Waals surface area contributed by atoms with Crippen molar-refractivity contribution in [2.45, 2.75) is 40.0 Å². The molecule has 0 aliphatic carbocycles. The van der Waals surface area contributed by atoms with Crippen LogP contribution in [0.4, 0.5) is 0 Å². The van der Waals surface area contributed by atoms with Crippen molar-refractivity contribution in [3.05, 3.63) is 0 Å². The molecule has 0 saturated heterocycles. The van der Waals surface area contributed by atoms with Crippen LogP contribution in [0, 0.1) is 11.8 Å². The first-order valence-electron chi connectivity index (χ1n) is 4.80. The number of rotatable bonds is 6. The zero-order valence-electron chi connectivity index (χ0n) is 8.47. The number of ketones is 1. The Kier molecular flexibility index (Phi) is 5.99. The van der Waals surface area contributed by atoms with Gasteiger partial charge in [-0.2, -0.15) is 0 Å². The molecule has 0 fully saturated rings. The monoisotopic (exact) mass is 171 g/mol. The fourth-order valence-corrected chi connectivity index (χ4v) is 1.06. The van der Waals surface area contributed by atoms with Crippen molar-refractivity contribution in [2.75, 3.05) is 6.54 Å². The standard InChI is InChI=1S/C10H21NO/c1-8(2)5-4-6-10(12)9(3)7-11/h8-9H,4-7,11H2,1-3H3. The van der Waals surface area contributed by atoms with E-state index in [2.05, 4.69) is 13.8 Å². The second-order valence-corrected chi connectivity index (χ2v) is 3.89. The Morgan fingerprint density at radius 1 is 1.33 bits per heavy atom. The molecule has 12 heavy (non-hydrogen) atoms. The summed E-state index contributed by atoms with van der Waals surface area (Å²) < 4.78 is 0. The van der Waals surface area contributed by atoms with E-state index in [1.165, 1.54) is 0 Å². The summed E-state index contributed by atoms with van der Waals surface area (Å²) in [6.07, 6.45) is 2.86. The summed E-state index contributed by atoms with van der Waals surface area (Å²) in [4.78, 5) is 11.3. The van der Waals surface area contributed by atoms with E-state index >= 15 is 0 Å². The summed E-state index contributed by atoms with van der Waals surface area (Å²) >= 11 is 0. The van der Waals surface area contributed by atoms with E-state index in [1.807, 2.05) is 6.92 Å². The molecule has 1 unspecified atom stereocenters. The van der Waals surface area contributed by atoms with Crippen LogP contribution in [0.15, 0.2) is 0 Å². The average molecular weight is 171 g/mol. The molecule has 0 radical (unpaired) electrons. The van der Waals surface area contributed by atoms with Gasteiger partial charge in [-0.3, -0.25) is 4.79 Å². The molecule has 0 aromatic carbocycles. The maximum atomic E-state index is 11.3. The SMILES string of the molecule is CC(C)CCCC(=O)C(C)CN. The lowest BCUT2D eigenvalue weighted by Gasteiger charge is -2.07. The number of hydrogen-bond donors (Lipinski definition) is 1. The van der Waals surface area contributed by atoms with E-state index in [-0.39, 0.29) is 5.92 Å². The molecule has 0 spiro atoms. The Bertz CT molecular complexity index is 132. The third kappa shape index (κ3) is 5.30. The fraction of sp³-hybridized carbons (Fsp3) is 0.900. The minimum Gasteiger partial charge on any atom is -0.330 e. The van der Waals surface area contributed by atoms with E-state index in [0.717, 1.165) is 12.8 Å². The molecule has 2 nitrogen and oxygen atoms in total. The van der Waals surface area contributed by atoms with Gasteiger partial charge in [0.25, 0.3) is 0 Å². The predicted molar refractivity (Wildman–Crippen MR) is 51.9 cm³/mol. The molecule has 0 aromatic rings. The summed E-state index contributed by atoms with van der Waals surface area (Å²) in [7, 11) is 0. The Labute approximate surface area is 75.5 Å². The first kappa shape index (κ1) is 11.6. The number of Topliss-reactive ketones (excluding diaryl/α,β-unsaturated/α-hetero) is 1. The number of carbonyl (C=O) groups is 1. The number of hydrogen-bond acceptors (Lipinski definition) is 2. The van der Waals surface area contributed by atoms with Crippen molar-refractivity contribution in [3.8, 4) is 0 Å². The van der Waals surface area contributed by atoms with Crippen LogP contribution < -0.4 is 5.73 Å². The van der Waals surface area contributed by atoms with Crippen LogP contribution in [0.1, 0.15) is 40.0 Å². The molecule has 0 saturated carbocycles. The minimum absolute atomic E-state index is 0.0529. The molecule has 0 heterocycles. The van der Waals surface area contributed by atoms with Crippen LogP contribution >= 0.6 is 0 Å². The lowest BCUT2D eigenvalue weighted by atomic mass is 9.99. The quantitative estimate of drug-likeness (QED) is 0.664. The molecule has 0 bridgehead atoms. The largest absolute Gasteiger partial charge is 0.330 e. The van der Waals surface area contributed by atoms with Crippen molar-refractivity contribution in [2.24, 2.45) is 17.6 Å². The second kappa shape index (κ2) is 6.18. The van der Waals surface area contributed by atoms with Crippen molar-refractivity contribution in [1.29, 1.82) is 0 Å². The summed E-state index contributed by atoms with van der Waals surface area (Å²) in [6, 6.07) is 0. The van der Waals surface area contributed by atoms with Crippen LogP contribution in [0.2, 0.25) is 0 Å². The van der Waals surface area contributed by atoms with E-state index < -0.39 is 0 Å². The van der Waals surface area contributed by atoms with Gasteiger partial charge in [0.05, 0.1) is 0 Å². The maximum absolute atomic E-state index is 11.3. The van der Waals surface area contributed by atoms with Gasteiger partial charge < -0.3 is 5.73 Å². The van der Waals surface area contributed by atoms with Crippen molar-refractivity contribution < 1.29 is 4.79 Å². The first-order valence-corrected chi connectivity index (χ1v) is 4.80. The normalized spacial score (nSPS) is 13.4. The van der Waals surface area contributed by atoms with Crippen LogP contribution in [0.5, 0.6) is 0 Å². The molecule has 0 aliphatic heterocycles. The second-order valence-electron chi connectivity index (χ2n) is 3.89. The number of nitrogens with two attached hydrogens (primary N) is 1. The topological polar surface area (TPSA) is 43.1 Å². The molecule has 72 valence electrons. The Morgan fingerprint density at radius 3 is 2.33 bits per heavy atom. The van der Waals surface area contributed by atoms with Gasteiger partial charge in [-0.15, -0.1) is 0 Å². The summed E-state index contributed by atoms with van der Waals surface area (Å²) in [5, 5.41) is 0. The molecule has 1 atom stereocenters. The first-order chi connectivity index (χ1) is 5.57. The third-order valence-corrected chi connectivity index (χ3v) is 2.11. The van der Waals surface area contributed by atoms with E-state index in [1.54, 1.807) is 0 Å². The van der Waals surface area contributed by atoms with Crippen LogP contribution in [0.3, 0.4) is 0 Å². The van der Waals surface area contributed by atoms with Gasteiger partial charge in [0.1, 0.15) is 5.78 Å². The van der Waals surface area contributed by atoms with E-state index in [9.17, 15) is 4.79 Å². The van der Waals surface area contributed by atoms with Gasteiger partial charge in [0, 0.05) is 18.9 Å². The van der Waals surface area contributed by atoms with Gasteiger partial charge in [-0.1, -0.05) is 27.2 Å². The zero-order valence-corrected chi connectivity index (χ0v) is 8.47. The average Bonchev–Trinajstić information content (AvgIpc) is 2.02. The predicted octanol–water partition coefficient (Wildman–Crippen LogP) is 1.98. The van der Waals surface area contributed by atoms with Crippen molar-refractivity contribution in [3.63, 3.8) is 0 Å². The van der Waals surface area contributed by atoms with Gasteiger partial charge in [-0.25, -0.2) is 0 Å². The summed E-state index contributed by atoms with van der Waals surface area (Å²) in [5.74, 6) is 1.07. The molecule has 0 rings (SSSR count). The smallest absolute Gasteiger partial charge is 0.136 e. The highest BCUT2D eigenvalue weighted by molar-refractivity contribution is 5.80. The molecular formula is C10H21NO. The third-order valence-electron chi connectivity index (χ3n) is 2.11. The molecule has 2 N–H and O–H groups in total. The van der Waals surface area contributed by atoms with Crippen LogP contribution in [-0.4, -0.2) is 12.3 Å². The lowest BCUT2D eigenvalue weighted by molar-refractivity contribution is -0.122. The Hall–Kier alpha value is -0.370. The van der Waals surface area contributed by atoms with Gasteiger partial charge in [-0.05, 0) is 12.3 Å². The number of carbonyl (C=O) groups excluding carboxylic acids is 1. The lowest BCUT2D eigenvalue weighted by Crippen LogP contribution is -2.20. The molecule has 0 aromatic heterocycles. The summed E-state index contributed by atoms with van der Waals surface area (Å²) in [6.45, 7) is 6.74. The highest BCUT2D eigenvalue weighted by Gasteiger charge is 2.09. The summed E-state index contributed by atoms with van der Waals surface area (Å²) in [5.41, 5.74) is 5.38. The molecule has 2 heteroatoms. The molecule has 0 aliphatic rings. The van der Waals surface area contributed by atoms with Crippen molar-refractivity contribution >= 4 is 5.78 Å². The highest BCUT2D eigenvalue weighted by atomic mass is 16.1. The van der Waals surface area contributed by atoms with Crippen LogP contribution in [-0.2, 0) is 4.79 Å². The van der Waals surface area contributed by atoms with Gasteiger partial charge in [0.15, 0.2) is 0 Å². The van der Waals surface area contributed by atoms with Gasteiger partial charge >= 0.3 is 0 Å².